The number of hydrogen-bond acceptors (Lipinski definition) is 8. The lowest BCUT2D eigenvalue weighted by Gasteiger charge is -2.35. The zero-order valence-electron chi connectivity index (χ0n) is 33.0. The van der Waals surface area contributed by atoms with E-state index in [1.54, 1.807) is 0 Å². The molecule has 4 N–H and O–H groups in total. The zero-order chi connectivity index (χ0) is 43.2. The van der Waals surface area contributed by atoms with E-state index in [4.69, 9.17) is 29.9 Å². The molecule has 2 atom stereocenters. The number of aryl methyl sites for hydroxylation is 2. The van der Waals surface area contributed by atoms with Gasteiger partial charge in [-0.25, -0.2) is 28.0 Å². The molecule has 0 aliphatic carbocycles. The van der Waals surface area contributed by atoms with Gasteiger partial charge >= 0.3 is 23.9 Å². The molecular formula is C45H50F2N2O10. The first-order valence-corrected chi connectivity index (χ1v) is 18.8. The Hall–Kier alpha value is -6.06. The van der Waals surface area contributed by atoms with Crippen LogP contribution < -0.4 is 0 Å². The molecule has 0 radical (unpaired) electrons. The summed E-state index contributed by atoms with van der Waals surface area (Å²) in [6.07, 6.45) is 2.73. The number of benzene rings is 4. The van der Waals surface area contributed by atoms with Gasteiger partial charge in [0.1, 0.15) is 23.8 Å². The highest BCUT2D eigenvalue weighted by Crippen LogP contribution is 2.30. The van der Waals surface area contributed by atoms with Crippen molar-refractivity contribution in [2.75, 3.05) is 52.5 Å². The van der Waals surface area contributed by atoms with Crippen molar-refractivity contribution in [1.29, 1.82) is 0 Å². The van der Waals surface area contributed by atoms with E-state index < -0.39 is 23.9 Å². The fraction of sp³-hybridized carbons (Fsp3) is 0.289. The second kappa shape index (κ2) is 25.3. The third kappa shape index (κ3) is 18.0. The fourth-order valence-corrected chi connectivity index (χ4v) is 6.08. The standard InChI is InChI=1S/C37H42F2N2O2.2C4H4O4/c1-28-8-3-5-10-34(28)36(30-12-16-32(38)17-13-30)42-26-7-20-40-21-23-41(24-22-40)25-27-43-37(31-14-18-33(39)19-15-31)35-11-6-4-9-29(35)2;2*5-3(6)1-2-4(7)8/h3-6,8-19,36-37H,7,20-27H2,1-2H3;2*1-2H,(H,5,6)(H,7,8)/b;2*2-1-. The molecule has 4 aromatic rings. The molecule has 1 heterocycles. The van der Waals surface area contributed by atoms with Crippen LogP contribution in [0, 0.1) is 25.5 Å². The molecule has 1 saturated heterocycles. The van der Waals surface area contributed by atoms with Crippen LogP contribution in [0.25, 0.3) is 0 Å². The van der Waals surface area contributed by atoms with Gasteiger partial charge < -0.3 is 34.8 Å². The largest absolute Gasteiger partial charge is 0.478 e. The molecular weight excluding hydrogens is 766 g/mol. The van der Waals surface area contributed by atoms with Gasteiger partial charge in [-0.05, 0) is 77.9 Å². The summed E-state index contributed by atoms with van der Waals surface area (Å²) in [7, 11) is 0. The lowest BCUT2D eigenvalue weighted by atomic mass is 9.97. The maximum Gasteiger partial charge on any atom is 0.328 e. The Kier molecular flexibility index (Phi) is 20.3. The molecule has 1 fully saturated rings. The molecule has 5 rings (SSSR count). The van der Waals surface area contributed by atoms with Crippen LogP contribution in [0.5, 0.6) is 0 Å². The summed E-state index contributed by atoms with van der Waals surface area (Å²) in [5.74, 6) is -5.51. The summed E-state index contributed by atoms with van der Waals surface area (Å²) in [6.45, 7) is 11.3. The van der Waals surface area contributed by atoms with Crippen LogP contribution in [-0.2, 0) is 28.7 Å². The molecule has 4 aromatic carbocycles. The van der Waals surface area contributed by atoms with Crippen molar-refractivity contribution in [2.45, 2.75) is 32.5 Å². The summed E-state index contributed by atoms with van der Waals surface area (Å²) in [5, 5.41) is 31.2. The molecule has 0 aromatic heterocycles. The Morgan fingerprint density at radius 1 is 0.542 bits per heavy atom. The quantitative estimate of drug-likeness (QED) is 0.0641. The van der Waals surface area contributed by atoms with E-state index in [0.717, 1.165) is 73.5 Å². The average molecular weight is 817 g/mol. The first-order valence-electron chi connectivity index (χ1n) is 18.8. The first kappa shape index (κ1) is 47.3. The van der Waals surface area contributed by atoms with Gasteiger partial charge in [0.15, 0.2) is 0 Å². The van der Waals surface area contributed by atoms with Gasteiger partial charge in [-0.1, -0.05) is 72.8 Å². The van der Waals surface area contributed by atoms with Crippen molar-refractivity contribution in [2.24, 2.45) is 0 Å². The number of nitrogens with zero attached hydrogens (tertiary/aromatic N) is 2. The number of carboxylic acids is 4. The van der Waals surface area contributed by atoms with E-state index in [1.165, 1.54) is 29.8 Å². The SMILES string of the molecule is Cc1ccccc1C(OCCCN1CCN(CCOC(c2ccc(F)cc2)c2ccccc2C)CC1)c1ccc(F)cc1.O=C(O)/C=C\C(=O)O.O=C(O)/C=C\C(=O)O. The number of carboxylic acid groups (broad SMARTS) is 4. The first-order chi connectivity index (χ1) is 28.2. The lowest BCUT2D eigenvalue weighted by molar-refractivity contribution is -0.134. The van der Waals surface area contributed by atoms with Crippen LogP contribution in [0.2, 0.25) is 0 Å². The van der Waals surface area contributed by atoms with Crippen molar-refractivity contribution in [1.82, 2.24) is 9.80 Å². The lowest BCUT2D eigenvalue weighted by Crippen LogP contribution is -2.47. The van der Waals surface area contributed by atoms with E-state index in [0.29, 0.717) is 37.5 Å². The number of piperazine rings is 1. The topological polar surface area (TPSA) is 174 Å². The molecule has 1 aliphatic heterocycles. The Bertz CT molecular complexity index is 1930. The predicted molar refractivity (Wildman–Crippen MR) is 217 cm³/mol. The second-order valence-corrected chi connectivity index (χ2v) is 13.4. The number of carbonyl (C=O) groups is 4. The minimum absolute atomic E-state index is 0.211. The van der Waals surface area contributed by atoms with Gasteiger partial charge in [0.2, 0.25) is 0 Å². The highest BCUT2D eigenvalue weighted by atomic mass is 19.1. The van der Waals surface area contributed by atoms with E-state index >= 15 is 0 Å². The number of rotatable bonds is 17. The van der Waals surface area contributed by atoms with Gasteiger partial charge in [0.05, 0.1) is 6.61 Å². The van der Waals surface area contributed by atoms with E-state index in [-0.39, 0.29) is 23.8 Å². The van der Waals surface area contributed by atoms with Crippen LogP contribution >= 0.6 is 0 Å². The number of hydrogen-bond donors (Lipinski definition) is 4. The zero-order valence-corrected chi connectivity index (χ0v) is 33.0. The smallest absolute Gasteiger partial charge is 0.328 e. The average Bonchev–Trinajstić information content (AvgIpc) is 3.21. The van der Waals surface area contributed by atoms with Crippen molar-refractivity contribution in [3.05, 3.63) is 166 Å². The van der Waals surface area contributed by atoms with Gasteiger partial charge in [0.25, 0.3) is 0 Å². The molecule has 0 saturated carbocycles. The Labute approximate surface area is 342 Å². The Morgan fingerprint density at radius 3 is 1.24 bits per heavy atom. The molecule has 1 aliphatic rings. The van der Waals surface area contributed by atoms with Crippen LogP contribution in [0.15, 0.2) is 121 Å². The molecule has 0 bridgehead atoms. The second-order valence-electron chi connectivity index (χ2n) is 13.4. The summed E-state index contributed by atoms with van der Waals surface area (Å²) in [4.78, 5) is 43.2. The Balaban J connectivity index is 0.000000490. The maximum atomic E-state index is 13.6. The molecule has 59 heavy (non-hydrogen) atoms. The van der Waals surface area contributed by atoms with Crippen LogP contribution in [-0.4, -0.2) is 107 Å². The van der Waals surface area contributed by atoms with Crippen molar-refractivity contribution in [3.8, 4) is 0 Å². The minimum Gasteiger partial charge on any atom is -0.478 e. The Morgan fingerprint density at radius 2 is 0.881 bits per heavy atom. The summed E-state index contributed by atoms with van der Waals surface area (Å²) in [6, 6.07) is 29.7. The number of ether oxygens (including phenoxy) is 2. The van der Waals surface area contributed by atoms with Gasteiger partial charge in [-0.2, -0.15) is 0 Å². The number of halogens is 2. The van der Waals surface area contributed by atoms with Crippen molar-refractivity contribution in [3.63, 3.8) is 0 Å². The van der Waals surface area contributed by atoms with Crippen molar-refractivity contribution >= 4 is 23.9 Å². The molecule has 314 valence electrons. The summed E-state index contributed by atoms with van der Waals surface area (Å²) in [5.41, 5.74) is 6.50. The number of aliphatic carboxylic acids is 4. The fourth-order valence-electron chi connectivity index (χ4n) is 6.08. The third-order valence-corrected chi connectivity index (χ3v) is 9.08. The van der Waals surface area contributed by atoms with E-state index in [1.807, 2.05) is 48.5 Å². The monoisotopic (exact) mass is 816 g/mol. The van der Waals surface area contributed by atoms with Gasteiger partial charge in [0, 0.05) is 70.2 Å². The molecule has 12 nitrogen and oxygen atoms in total. The van der Waals surface area contributed by atoms with Gasteiger partial charge in [-0.15, -0.1) is 0 Å². The van der Waals surface area contributed by atoms with Crippen molar-refractivity contribution < 1.29 is 57.9 Å². The van der Waals surface area contributed by atoms with E-state index in [9.17, 15) is 28.0 Å². The van der Waals surface area contributed by atoms with Gasteiger partial charge in [-0.3, -0.25) is 4.90 Å². The van der Waals surface area contributed by atoms with E-state index in [2.05, 4.69) is 47.9 Å². The molecule has 0 amide bonds. The summed E-state index contributed by atoms with van der Waals surface area (Å²) < 4.78 is 40.0. The minimum atomic E-state index is -1.26. The maximum absolute atomic E-state index is 13.6. The normalized spacial score (nSPS) is 14.1. The van der Waals surface area contributed by atoms with Crippen LogP contribution in [0.3, 0.4) is 0 Å². The molecule has 14 heteroatoms. The summed E-state index contributed by atoms with van der Waals surface area (Å²) >= 11 is 0. The molecule has 2 unspecified atom stereocenters. The highest BCUT2D eigenvalue weighted by molar-refractivity contribution is 5.90. The third-order valence-electron chi connectivity index (χ3n) is 9.08. The van der Waals surface area contributed by atoms with Crippen LogP contribution in [0.1, 0.15) is 52.0 Å². The molecule has 0 spiro atoms. The highest BCUT2D eigenvalue weighted by Gasteiger charge is 2.21. The predicted octanol–water partition coefficient (Wildman–Crippen LogP) is 6.93. The van der Waals surface area contributed by atoms with Crippen LogP contribution in [0.4, 0.5) is 8.78 Å².